The maximum atomic E-state index is 11.7. The van der Waals surface area contributed by atoms with Crippen molar-refractivity contribution in [3.05, 3.63) is 29.9 Å². The fourth-order valence-corrected chi connectivity index (χ4v) is 1.75. The van der Waals surface area contributed by atoms with Gasteiger partial charge in [0.25, 0.3) is 0 Å². The number of pyridine rings is 1. The number of hydrogen-bond donors (Lipinski definition) is 1. The first-order valence-electron chi connectivity index (χ1n) is 7.00. The molecule has 0 aromatic carbocycles. The average molecular weight is 304 g/mol. The number of hydrogen-bond acceptors (Lipinski definition) is 6. The maximum Gasteiger partial charge on any atom is 0.408 e. The normalized spacial score (nSPS) is 12.8. The molecule has 22 heavy (non-hydrogen) atoms. The standard InChI is InChI=1S/C15H20N4O3/c1-9-6-11(8-16-7-9)12-18-13(22-19-12)10(2)17-14(20)21-15(3,4)5/h6-8,10H,1-5H3,(H,17,20). The molecule has 0 spiro atoms. The minimum absolute atomic E-state index is 0.308. The monoisotopic (exact) mass is 304 g/mol. The molecule has 7 heteroatoms. The van der Waals surface area contributed by atoms with Crippen LogP contribution in [0.5, 0.6) is 0 Å². The summed E-state index contributed by atoms with van der Waals surface area (Å²) in [5, 5.41) is 6.57. The van der Waals surface area contributed by atoms with E-state index in [9.17, 15) is 4.79 Å². The number of alkyl carbamates (subject to hydrolysis) is 1. The highest BCUT2D eigenvalue weighted by molar-refractivity contribution is 5.68. The summed E-state index contributed by atoms with van der Waals surface area (Å²) >= 11 is 0. The van der Waals surface area contributed by atoms with Crippen LogP contribution in [0.3, 0.4) is 0 Å². The second kappa shape index (κ2) is 6.13. The van der Waals surface area contributed by atoms with Gasteiger partial charge in [-0.05, 0) is 46.2 Å². The molecule has 2 heterocycles. The minimum Gasteiger partial charge on any atom is -0.444 e. The molecule has 7 nitrogen and oxygen atoms in total. The highest BCUT2D eigenvalue weighted by atomic mass is 16.6. The Balaban J connectivity index is 2.06. The zero-order chi connectivity index (χ0) is 16.3. The van der Waals surface area contributed by atoms with Crippen LogP contribution in [-0.4, -0.2) is 26.8 Å². The molecule has 2 aromatic heterocycles. The van der Waals surface area contributed by atoms with Gasteiger partial charge >= 0.3 is 6.09 Å². The van der Waals surface area contributed by atoms with Gasteiger partial charge in [-0.15, -0.1) is 0 Å². The van der Waals surface area contributed by atoms with E-state index in [1.807, 2.05) is 13.0 Å². The first kappa shape index (κ1) is 15.9. The Bertz CT molecular complexity index is 661. The second-order valence-corrected chi connectivity index (χ2v) is 6.08. The third-order valence-corrected chi connectivity index (χ3v) is 2.68. The zero-order valence-corrected chi connectivity index (χ0v) is 13.4. The van der Waals surface area contributed by atoms with Crippen molar-refractivity contribution in [1.82, 2.24) is 20.4 Å². The number of nitrogens with zero attached hydrogens (tertiary/aromatic N) is 3. The van der Waals surface area contributed by atoms with Crippen molar-refractivity contribution in [3.63, 3.8) is 0 Å². The number of aromatic nitrogens is 3. The summed E-state index contributed by atoms with van der Waals surface area (Å²) in [6, 6.07) is 1.46. The van der Waals surface area contributed by atoms with Gasteiger partial charge in [0.1, 0.15) is 11.6 Å². The molecule has 1 atom stereocenters. The van der Waals surface area contributed by atoms with Crippen molar-refractivity contribution in [1.29, 1.82) is 0 Å². The smallest absolute Gasteiger partial charge is 0.408 e. The van der Waals surface area contributed by atoms with E-state index in [0.29, 0.717) is 11.7 Å². The summed E-state index contributed by atoms with van der Waals surface area (Å²) in [5.74, 6) is 0.742. The fourth-order valence-electron chi connectivity index (χ4n) is 1.75. The number of amides is 1. The van der Waals surface area contributed by atoms with Crippen LogP contribution in [0, 0.1) is 6.92 Å². The summed E-state index contributed by atoms with van der Waals surface area (Å²) in [5.41, 5.74) is 1.21. The van der Waals surface area contributed by atoms with Crippen LogP contribution in [0.25, 0.3) is 11.4 Å². The van der Waals surface area contributed by atoms with E-state index in [0.717, 1.165) is 11.1 Å². The summed E-state index contributed by atoms with van der Waals surface area (Å²) in [7, 11) is 0. The molecule has 2 rings (SSSR count). The minimum atomic E-state index is -0.558. The van der Waals surface area contributed by atoms with Crippen molar-refractivity contribution in [3.8, 4) is 11.4 Å². The molecule has 0 saturated heterocycles. The van der Waals surface area contributed by atoms with E-state index < -0.39 is 17.7 Å². The van der Waals surface area contributed by atoms with Crippen molar-refractivity contribution in [2.75, 3.05) is 0 Å². The van der Waals surface area contributed by atoms with Crippen LogP contribution < -0.4 is 5.32 Å². The van der Waals surface area contributed by atoms with Gasteiger partial charge in [0, 0.05) is 18.0 Å². The van der Waals surface area contributed by atoms with Crippen molar-refractivity contribution in [2.45, 2.75) is 46.3 Å². The van der Waals surface area contributed by atoms with Gasteiger partial charge in [0.05, 0.1) is 0 Å². The number of rotatable bonds is 3. The summed E-state index contributed by atoms with van der Waals surface area (Å²) in [4.78, 5) is 20.1. The lowest BCUT2D eigenvalue weighted by Crippen LogP contribution is -2.34. The molecule has 0 bridgehead atoms. The van der Waals surface area contributed by atoms with Crippen LogP contribution in [0.2, 0.25) is 0 Å². The summed E-state index contributed by atoms with van der Waals surface area (Å²) in [6.07, 6.45) is 2.88. The molecule has 2 aromatic rings. The van der Waals surface area contributed by atoms with Crippen LogP contribution in [0.4, 0.5) is 4.79 Å². The molecule has 0 radical (unpaired) electrons. The van der Waals surface area contributed by atoms with Crippen molar-refractivity contribution < 1.29 is 14.1 Å². The molecule has 0 fully saturated rings. The van der Waals surface area contributed by atoms with Gasteiger partial charge in [0.15, 0.2) is 0 Å². The Labute approximate surface area is 129 Å². The first-order valence-corrected chi connectivity index (χ1v) is 7.00. The third-order valence-electron chi connectivity index (χ3n) is 2.68. The van der Waals surface area contributed by atoms with Crippen molar-refractivity contribution in [2.24, 2.45) is 0 Å². The lowest BCUT2D eigenvalue weighted by Gasteiger charge is -2.20. The largest absolute Gasteiger partial charge is 0.444 e. The number of carbonyl (C=O) groups excluding carboxylic acids is 1. The first-order chi connectivity index (χ1) is 10.2. The Morgan fingerprint density at radius 1 is 1.36 bits per heavy atom. The molecule has 0 aliphatic heterocycles. The Hall–Kier alpha value is -2.44. The highest BCUT2D eigenvalue weighted by Crippen LogP contribution is 2.19. The number of nitrogens with one attached hydrogen (secondary N) is 1. The lowest BCUT2D eigenvalue weighted by atomic mass is 10.2. The van der Waals surface area contributed by atoms with Gasteiger partial charge in [-0.3, -0.25) is 4.98 Å². The number of aryl methyl sites for hydroxylation is 1. The third kappa shape index (κ3) is 4.28. The molecule has 0 aliphatic rings. The highest BCUT2D eigenvalue weighted by Gasteiger charge is 2.21. The van der Waals surface area contributed by atoms with Gasteiger partial charge in [0.2, 0.25) is 11.7 Å². The Morgan fingerprint density at radius 3 is 2.73 bits per heavy atom. The van der Waals surface area contributed by atoms with E-state index in [1.54, 1.807) is 40.1 Å². The maximum absolute atomic E-state index is 11.7. The van der Waals surface area contributed by atoms with Gasteiger partial charge < -0.3 is 14.6 Å². The van der Waals surface area contributed by atoms with Gasteiger partial charge in [-0.25, -0.2) is 4.79 Å². The Morgan fingerprint density at radius 2 is 2.09 bits per heavy atom. The second-order valence-electron chi connectivity index (χ2n) is 6.08. The topological polar surface area (TPSA) is 90.1 Å². The zero-order valence-electron chi connectivity index (χ0n) is 13.4. The van der Waals surface area contributed by atoms with Crippen LogP contribution in [0.1, 0.15) is 45.2 Å². The molecule has 0 aliphatic carbocycles. The Kier molecular flexibility index (Phi) is 4.44. The predicted octanol–water partition coefficient (Wildman–Crippen LogP) is 3.03. The molecule has 118 valence electrons. The van der Waals surface area contributed by atoms with E-state index in [-0.39, 0.29) is 0 Å². The van der Waals surface area contributed by atoms with E-state index in [2.05, 4.69) is 20.4 Å². The predicted molar refractivity (Wildman–Crippen MR) is 80.1 cm³/mol. The molecular weight excluding hydrogens is 284 g/mol. The number of carbonyl (C=O) groups is 1. The van der Waals surface area contributed by atoms with E-state index in [1.165, 1.54) is 0 Å². The molecule has 1 amide bonds. The average Bonchev–Trinajstić information content (AvgIpc) is 2.85. The van der Waals surface area contributed by atoms with Crippen molar-refractivity contribution >= 4 is 6.09 Å². The van der Waals surface area contributed by atoms with Crippen LogP contribution >= 0.6 is 0 Å². The van der Waals surface area contributed by atoms with Gasteiger partial charge in [-0.1, -0.05) is 5.16 Å². The summed E-state index contributed by atoms with van der Waals surface area (Å²) in [6.45, 7) is 9.08. The fraction of sp³-hybridized carbons (Fsp3) is 0.467. The van der Waals surface area contributed by atoms with E-state index in [4.69, 9.17) is 9.26 Å². The van der Waals surface area contributed by atoms with Gasteiger partial charge in [-0.2, -0.15) is 4.98 Å². The molecule has 1 unspecified atom stereocenters. The number of ether oxygens (including phenoxy) is 1. The molecule has 0 saturated carbocycles. The van der Waals surface area contributed by atoms with Crippen LogP contribution in [-0.2, 0) is 4.74 Å². The summed E-state index contributed by atoms with van der Waals surface area (Å²) < 4.78 is 10.4. The molecule has 1 N–H and O–H groups in total. The van der Waals surface area contributed by atoms with Crippen LogP contribution in [0.15, 0.2) is 23.0 Å². The molecular formula is C15H20N4O3. The quantitative estimate of drug-likeness (QED) is 0.937. The SMILES string of the molecule is Cc1cncc(-c2noc(C(C)NC(=O)OC(C)(C)C)n2)c1. The lowest BCUT2D eigenvalue weighted by molar-refractivity contribution is 0.0499. The van der Waals surface area contributed by atoms with E-state index >= 15 is 0 Å².